The van der Waals surface area contributed by atoms with Crippen LogP contribution >= 0.6 is 0 Å². The van der Waals surface area contributed by atoms with E-state index >= 15 is 0 Å². The molecule has 1 heterocycles. The molecular formula is C18H20N4O. The molecule has 0 atom stereocenters. The van der Waals surface area contributed by atoms with Crippen LogP contribution in [0.15, 0.2) is 46.9 Å². The van der Waals surface area contributed by atoms with Gasteiger partial charge in [-0.3, -0.25) is 0 Å². The van der Waals surface area contributed by atoms with E-state index in [0.29, 0.717) is 28.7 Å². The molecular weight excluding hydrogens is 288 g/mol. The lowest BCUT2D eigenvalue weighted by Gasteiger charge is -2.18. The summed E-state index contributed by atoms with van der Waals surface area (Å²) < 4.78 is 5.76. The molecule has 0 amide bonds. The van der Waals surface area contributed by atoms with E-state index in [2.05, 4.69) is 43.1 Å². The summed E-state index contributed by atoms with van der Waals surface area (Å²) >= 11 is 0. The second-order valence-corrected chi connectivity index (χ2v) is 6.63. The highest BCUT2D eigenvalue weighted by molar-refractivity contribution is 5.67. The van der Waals surface area contributed by atoms with E-state index in [1.54, 1.807) is 18.2 Å². The van der Waals surface area contributed by atoms with Crippen LogP contribution in [-0.2, 0) is 5.41 Å². The maximum Gasteiger partial charge on any atom is 0.248 e. The van der Waals surface area contributed by atoms with Gasteiger partial charge < -0.3 is 15.9 Å². The summed E-state index contributed by atoms with van der Waals surface area (Å²) in [5.74, 6) is 0.875. The highest BCUT2D eigenvalue weighted by Gasteiger charge is 2.15. The topological polar surface area (TPSA) is 91.0 Å². The predicted molar refractivity (Wildman–Crippen MR) is 92.7 cm³/mol. The van der Waals surface area contributed by atoms with Gasteiger partial charge in [0, 0.05) is 22.5 Å². The molecule has 5 nitrogen and oxygen atoms in total. The van der Waals surface area contributed by atoms with Gasteiger partial charge in [-0.15, -0.1) is 10.2 Å². The molecule has 2 aromatic carbocycles. The molecule has 23 heavy (non-hydrogen) atoms. The van der Waals surface area contributed by atoms with Gasteiger partial charge >= 0.3 is 0 Å². The average molecular weight is 308 g/mol. The molecule has 0 aliphatic heterocycles. The molecule has 3 aromatic rings. The summed E-state index contributed by atoms with van der Waals surface area (Å²) in [6.07, 6.45) is 0. The highest BCUT2D eigenvalue weighted by Crippen LogP contribution is 2.29. The number of rotatable bonds is 2. The van der Waals surface area contributed by atoms with Gasteiger partial charge in [0.05, 0.1) is 0 Å². The van der Waals surface area contributed by atoms with Crippen LogP contribution in [0.25, 0.3) is 22.9 Å². The van der Waals surface area contributed by atoms with Crippen LogP contribution in [0.1, 0.15) is 26.3 Å². The van der Waals surface area contributed by atoms with Crippen molar-refractivity contribution in [2.24, 2.45) is 0 Å². The fourth-order valence-corrected chi connectivity index (χ4v) is 2.37. The zero-order valence-corrected chi connectivity index (χ0v) is 13.5. The number of benzene rings is 2. The van der Waals surface area contributed by atoms with Crippen LogP contribution in [0.3, 0.4) is 0 Å². The molecule has 0 saturated heterocycles. The molecule has 0 bridgehead atoms. The lowest BCUT2D eigenvalue weighted by Crippen LogP contribution is -2.10. The van der Waals surface area contributed by atoms with Crippen molar-refractivity contribution in [2.45, 2.75) is 26.2 Å². The van der Waals surface area contributed by atoms with Crippen LogP contribution < -0.4 is 11.5 Å². The summed E-state index contributed by atoms with van der Waals surface area (Å²) in [6, 6.07) is 13.4. The molecule has 0 fully saturated rings. The van der Waals surface area contributed by atoms with Crippen LogP contribution in [0.5, 0.6) is 0 Å². The Bertz CT molecular complexity index is 809. The first kappa shape index (κ1) is 15.1. The molecule has 1 aromatic heterocycles. The molecule has 0 radical (unpaired) electrons. The number of anilines is 2. The first-order valence-corrected chi connectivity index (χ1v) is 7.44. The normalized spacial score (nSPS) is 11.6. The fourth-order valence-electron chi connectivity index (χ4n) is 2.37. The summed E-state index contributed by atoms with van der Waals surface area (Å²) in [5.41, 5.74) is 15.7. The Morgan fingerprint density at radius 2 is 1.30 bits per heavy atom. The predicted octanol–water partition coefficient (Wildman–Crippen LogP) is 3.87. The molecule has 3 rings (SSSR count). The van der Waals surface area contributed by atoms with Crippen LogP contribution in [0.4, 0.5) is 11.4 Å². The Balaban J connectivity index is 1.92. The van der Waals surface area contributed by atoms with Crippen molar-refractivity contribution in [3.63, 3.8) is 0 Å². The molecule has 0 aliphatic rings. The summed E-state index contributed by atoms with van der Waals surface area (Å²) in [7, 11) is 0. The summed E-state index contributed by atoms with van der Waals surface area (Å²) in [6.45, 7) is 6.53. The standard InChI is InChI=1S/C18H20N4O/c1-18(2,3)13-6-4-11(5-7-13)16-21-22-17(23-16)12-8-14(19)10-15(20)9-12/h4-10H,19-20H2,1-3H3. The molecule has 0 spiro atoms. The number of nitrogens with zero attached hydrogens (tertiary/aromatic N) is 2. The second-order valence-electron chi connectivity index (χ2n) is 6.63. The lowest BCUT2D eigenvalue weighted by atomic mass is 9.87. The van der Waals surface area contributed by atoms with Crippen molar-refractivity contribution >= 4 is 11.4 Å². The third-order valence-corrected chi connectivity index (χ3v) is 3.65. The minimum atomic E-state index is 0.109. The van der Waals surface area contributed by atoms with E-state index in [9.17, 15) is 0 Å². The molecule has 118 valence electrons. The number of nitrogens with two attached hydrogens (primary N) is 2. The van der Waals surface area contributed by atoms with E-state index in [4.69, 9.17) is 15.9 Å². The zero-order valence-electron chi connectivity index (χ0n) is 13.5. The van der Waals surface area contributed by atoms with Gasteiger partial charge in [-0.25, -0.2) is 0 Å². The van der Waals surface area contributed by atoms with E-state index in [-0.39, 0.29) is 5.41 Å². The summed E-state index contributed by atoms with van der Waals surface area (Å²) in [5, 5.41) is 8.20. The van der Waals surface area contributed by atoms with Gasteiger partial charge in [0.15, 0.2) is 0 Å². The number of hydrogen-bond acceptors (Lipinski definition) is 5. The monoisotopic (exact) mass is 308 g/mol. The van der Waals surface area contributed by atoms with Crippen molar-refractivity contribution in [3.8, 4) is 22.9 Å². The number of nitrogen functional groups attached to an aromatic ring is 2. The third-order valence-electron chi connectivity index (χ3n) is 3.65. The van der Waals surface area contributed by atoms with Gasteiger partial charge in [-0.05, 0) is 41.3 Å². The Kier molecular flexibility index (Phi) is 3.56. The number of aromatic nitrogens is 2. The highest BCUT2D eigenvalue weighted by atomic mass is 16.4. The molecule has 0 aliphatic carbocycles. The van der Waals surface area contributed by atoms with Gasteiger partial charge in [0.1, 0.15) is 0 Å². The second kappa shape index (κ2) is 5.43. The van der Waals surface area contributed by atoms with Crippen molar-refractivity contribution in [1.29, 1.82) is 0 Å². The van der Waals surface area contributed by atoms with Crippen molar-refractivity contribution in [1.82, 2.24) is 10.2 Å². The maximum absolute atomic E-state index is 5.80. The van der Waals surface area contributed by atoms with Crippen LogP contribution in [0.2, 0.25) is 0 Å². The van der Waals surface area contributed by atoms with Crippen LogP contribution in [0, 0.1) is 0 Å². The Labute approximate surface area is 135 Å². The first-order chi connectivity index (χ1) is 10.8. The zero-order chi connectivity index (χ0) is 16.6. The average Bonchev–Trinajstić information content (AvgIpc) is 2.95. The first-order valence-electron chi connectivity index (χ1n) is 7.44. The van der Waals surface area contributed by atoms with Gasteiger partial charge in [-0.2, -0.15) is 0 Å². The number of hydrogen-bond donors (Lipinski definition) is 2. The minimum absolute atomic E-state index is 0.109. The lowest BCUT2D eigenvalue weighted by molar-refractivity contribution is 0.582. The smallest absolute Gasteiger partial charge is 0.248 e. The van der Waals surface area contributed by atoms with E-state index in [1.165, 1.54) is 5.56 Å². The third kappa shape index (κ3) is 3.18. The van der Waals surface area contributed by atoms with Crippen LogP contribution in [-0.4, -0.2) is 10.2 Å². The molecule has 0 saturated carbocycles. The van der Waals surface area contributed by atoms with Gasteiger partial charge in [0.25, 0.3) is 0 Å². The molecule has 4 N–H and O–H groups in total. The van der Waals surface area contributed by atoms with Gasteiger partial charge in [0.2, 0.25) is 11.8 Å². The minimum Gasteiger partial charge on any atom is -0.416 e. The largest absolute Gasteiger partial charge is 0.416 e. The Morgan fingerprint density at radius 3 is 1.83 bits per heavy atom. The molecule has 5 heteroatoms. The summed E-state index contributed by atoms with van der Waals surface area (Å²) in [4.78, 5) is 0. The Hall–Kier alpha value is -2.82. The maximum atomic E-state index is 5.80. The van der Waals surface area contributed by atoms with Crippen molar-refractivity contribution in [3.05, 3.63) is 48.0 Å². The van der Waals surface area contributed by atoms with Gasteiger partial charge in [-0.1, -0.05) is 32.9 Å². The van der Waals surface area contributed by atoms with Crippen molar-refractivity contribution < 1.29 is 4.42 Å². The quantitative estimate of drug-likeness (QED) is 0.701. The SMILES string of the molecule is CC(C)(C)c1ccc(-c2nnc(-c3cc(N)cc(N)c3)o2)cc1. The van der Waals surface area contributed by atoms with Crippen molar-refractivity contribution in [2.75, 3.05) is 11.5 Å². The van der Waals surface area contributed by atoms with E-state index in [1.807, 2.05) is 12.1 Å². The Morgan fingerprint density at radius 1 is 0.783 bits per heavy atom. The fraction of sp³-hybridized carbons (Fsp3) is 0.222. The molecule has 0 unspecified atom stereocenters. The van der Waals surface area contributed by atoms with E-state index in [0.717, 1.165) is 5.56 Å². The van der Waals surface area contributed by atoms with E-state index < -0.39 is 0 Å².